The Kier molecular flexibility index (Phi) is 10.7. The second-order valence-corrected chi connectivity index (χ2v) is 13.9. The van der Waals surface area contributed by atoms with E-state index in [1.165, 1.54) is 38.5 Å². The first-order valence-corrected chi connectivity index (χ1v) is 19.4. The van der Waals surface area contributed by atoms with Crippen LogP contribution < -0.4 is 5.32 Å². The van der Waals surface area contributed by atoms with E-state index in [9.17, 15) is 0 Å². The van der Waals surface area contributed by atoms with Gasteiger partial charge in [-0.3, -0.25) is 4.99 Å². The van der Waals surface area contributed by atoms with Gasteiger partial charge >= 0.3 is 0 Å². The molecule has 0 saturated carbocycles. The number of nitrogens with zero attached hydrogens (tertiary/aromatic N) is 2. The third-order valence-corrected chi connectivity index (χ3v) is 10.3. The lowest BCUT2D eigenvalue weighted by atomic mass is 9.92. The van der Waals surface area contributed by atoms with Crippen molar-refractivity contribution in [1.29, 1.82) is 0 Å². The Labute approximate surface area is 330 Å². The molecule has 0 unspecified atom stereocenters. The Morgan fingerprint density at radius 2 is 1.38 bits per heavy atom. The van der Waals surface area contributed by atoms with Crippen LogP contribution in [0.15, 0.2) is 223 Å². The molecule has 1 aromatic heterocycles. The summed E-state index contributed by atoms with van der Waals surface area (Å²) < 4.78 is 2.37. The van der Waals surface area contributed by atoms with Gasteiger partial charge in [-0.25, -0.2) is 0 Å². The second-order valence-electron chi connectivity index (χ2n) is 13.9. The molecule has 0 fully saturated rings. The Balaban J connectivity index is 1.12. The molecule has 6 aromatic carbocycles. The number of hydrogen-bond acceptors (Lipinski definition) is 2. The lowest BCUT2D eigenvalue weighted by molar-refractivity contribution is 1.18. The number of para-hydroxylation sites is 1. The van der Waals surface area contributed by atoms with Gasteiger partial charge in [0.25, 0.3) is 0 Å². The molecule has 0 bridgehead atoms. The molecule has 3 heteroatoms. The van der Waals surface area contributed by atoms with Gasteiger partial charge in [0.05, 0.1) is 16.7 Å². The topological polar surface area (TPSA) is 29.3 Å². The third-order valence-electron chi connectivity index (χ3n) is 10.3. The van der Waals surface area contributed by atoms with E-state index < -0.39 is 0 Å². The molecule has 0 atom stereocenters. The molecular formula is C53H45N3. The first kappa shape index (κ1) is 36.0. The van der Waals surface area contributed by atoms with Gasteiger partial charge in [0.15, 0.2) is 0 Å². The number of fused-ring (bicyclic) bond motifs is 3. The van der Waals surface area contributed by atoms with Gasteiger partial charge in [0.2, 0.25) is 0 Å². The average Bonchev–Trinajstić information content (AvgIpc) is 3.58. The maximum absolute atomic E-state index is 4.92. The van der Waals surface area contributed by atoms with Crippen molar-refractivity contribution in [3.05, 3.63) is 223 Å². The first-order valence-electron chi connectivity index (χ1n) is 19.4. The quantitative estimate of drug-likeness (QED) is 0.132. The number of allylic oxidation sites excluding steroid dienone is 9. The molecule has 8 rings (SSSR count). The molecule has 0 radical (unpaired) electrons. The van der Waals surface area contributed by atoms with Crippen molar-refractivity contribution in [2.24, 2.45) is 4.99 Å². The smallest absolute Gasteiger partial charge is 0.0541 e. The summed E-state index contributed by atoms with van der Waals surface area (Å²) in [7, 11) is 0. The molecular weight excluding hydrogens is 679 g/mol. The maximum Gasteiger partial charge on any atom is 0.0541 e. The maximum atomic E-state index is 4.92. The number of aliphatic imine (C=N–C) groups is 1. The highest BCUT2D eigenvalue weighted by Crippen LogP contribution is 2.35. The van der Waals surface area contributed by atoms with Gasteiger partial charge in [-0.05, 0) is 101 Å². The first-order chi connectivity index (χ1) is 27.6. The summed E-state index contributed by atoms with van der Waals surface area (Å²) in [6.07, 6.45) is 16.5. The van der Waals surface area contributed by atoms with Gasteiger partial charge in [-0.2, -0.15) is 0 Å². The SMILES string of the molecule is C=C(/C=C\C(=C/C)c1ccc2c(c1)c1ccccc1n2-c1ccc(-c2ccccc2)cc1)C1=C(Nc2cccc(-c3ccccc3)c2)C=CCC1=N/C=C\CC. The second kappa shape index (κ2) is 16.6. The lowest BCUT2D eigenvalue weighted by Crippen LogP contribution is -2.14. The minimum absolute atomic E-state index is 0.734. The zero-order valence-electron chi connectivity index (χ0n) is 32.0. The Hall–Kier alpha value is -6.97. The van der Waals surface area contributed by atoms with Crippen LogP contribution in [0, 0.1) is 0 Å². The molecule has 1 N–H and O–H groups in total. The van der Waals surface area contributed by atoms with Crippen molar-refractivity contribution < 1.29 is 0 Å². The number of rotatable bonds is 11. The monoisotopic (exact) mass is 723 g/mol. The standard InChI is InChI=1S/C53H45N3/c1-4-6-35-54-49-24-16-25-50(55-45-22-15-21-43(36-45)41-19-11-8-12-20-41)53(49)38(3)27-28-39(5-2)44-31-34-52-48(37-44)47-23-13-14-26-51(47)56(52)46-32-29-42(30-33-46)40-17-9-7-10-18-40/h5-23,25-37,55H,3-4,24H2,1-2H3/b28-27-,35-6-,39-5+,54-49?. The lowest BCUT2D eigenvalue weighted by Gasteiger charge is -2.20. The van der Waals surface area contributed by atoms with Crippen LogP contribution in [0.5, 0.6) is 0 Å². The molecule has 0 amide bonds. The average molecular weight is 724 g/mol. The molecule has 0 aliphatic heterocycles. The summed E-state index contributed by atoms with van der Waals surface area (Å²) >= 11 is 0. The highest BCUT2D eigenvalue weighted by Gasteiger charge is 2.18. The molecule has 0 saturated heterocycles. The van der Waals surface area contributed by atoms with Crippen molar-refractivity contribution in [3.8, 4) is 27.9 Å². The Morgan fingerprint density at radius 3 is 2.12 bits per heavy atom. The van der Waals surface area contributed by atoms with Gasteiger partial charge < -0.3 is 9.88 Å². The van der Waals surface area contributed by atoms with E-state index in [1.54, 1.807) is 0 Å². The fraction of sp³-hybridized carbons (Fsp3) is 0.0755. The van der Waals surface area contributed by atoms with E-state index in [4.69, 9.17) is 4.99 Å². The summed E-state index contributed by atoms with van der Waals surface area (Å²) in [6.45, 7) is 8.84. The van der Waals surface area contributed by atoms with Crippen LogP contribution in [-0.2, 0) is 0 Å². The highest BCUT2D eigenvalue weighted by molar-refractivity contribution is 6.10. The van der Waals surface area contributed by atoms with Crippen molar-refractivity contribution in [2.45, 2.75) is 26.7 Å². The van der Waals surface area contributed by atoms with Crippen LogP contribution in [0.1, 0.15) is 32.3 Å². The van der Waals surface area contributed by atoms with E-state index in [1.807, 2.05) is 12.3 Å². The van der Waals surface area contributed by atoms with Crippen molar-refractivity contribution in [1.82, 2.24) is 4.57 Å². The molecule has 3 nitrogen and oxygen atoms in total. The molecule has 1 aliphatic carbocycles. The van der Waals surface area contributed by atoms with Crippen molar-refractivity contribution in [3.63, 3.8) is 0 Å². The molecule has 1 heterocycles. The van der Waals surface area contributed by atoms with E-state index in [2.05, 4.69) is 212 Å². The van der Waals surface area contributed by atoms with Crippen LogP contribution >= 0.6 is 0 Å². The zero-order chi connectivity index (χ0) is 38.3. The van der Waals surface area contributed by atoms with Gasteiger partial charge in [0.1, 0.15) is 0 Å². The minimum atomic E-state index is 0.734. The summed E-state index contributed by atoms with van der Waals surface area (Å²) in [5.74, 6) is 0. The number of aromatic nitrogens is 1. The van der Waals surface area contributed by atoms with Crippen LogP contribution in [0.2, 0.25) is 0 Å². The molecule has 7 aromatic rings. The van der Waals surface area contributed by atoms with Gasteiger partial charge in [0, 0.05) is 46.0 Å². The Bertz CT molecular complexity index is 2720. The fourth-order valence-electron chi connectivity index (χ4n) is 7.52. The van der Waals surface area contributed by atoms with E-state index in [-0.39, 0.29) is 0 Å². The molecule has 1 aliphatic rings. The summed E-state index contributed by atoms with van der Waals surface area (Å²) in [5, 5.41) is 6.17. The fourth-order valence-corrected chi connectivity index (χ4v) is 7.52. The van der Waals surface area contributed by atoms with Crippen LogP contribution in [0.4, 0.5) is 5.69 Å². The predicted octanol–water partition coefficient (Wildman–Crippen LogP) is 14.3. The number of benzene rings is 6. The number of hydrogen-bond donors (Lipinski definition) is 1. The largest absolute Gasteiger partial charge is 0.355 e. The summed E-state index contributed by atoms with van der Waals surface area (Å²) in [5.41, 5.74) is 15.5. The summed E-state index contributed by atoms with van der Waals surface area (Å²) in [4.78, 5) is 4.92. The van der Waals surface area contributed by atoms with E-state index >= 15 is 0 Å². The highest BCUT2D eigenvalue weighted by atomic mass is 15.0. The number of nitrogens with one attached hydrogen (secondary N) is 1. The van der Waals surface area contributed by atoms with Crippen LogP contribution in [0.25, 0.3) is 55.3 Å². The van der Waals surface area contributed by atoms with E-state index in [0.717, 1.165) is 63.5 Å². The van der Waals surface area contributed by atoms with Crippen molar-refractivity contribution in [2.75, 3.05) is 5.32 Å². The minimum Gasteiger partial charge on any atom is -0.355 e. The summed E-state index contributed by atoms with van der Waals surface area (Å²) in [6, 6.07) is 53.9. The molecule has 56 heavy (non-hydrogen) atoms. The normalized spacial score (nSPS) is 14.2. The third kappa shape index (κ3) is 7.53. The zero-order valence-corrected chi connectivity index (χ0v) is 32.0. The van der Waals surface area contributed by atoms with Crippen molar-refractivity contribution >= 4 is 38.8 Å². The van der Waals surface area contributed by atoms with Gasteiger partial charge in [-0.15, -0.1) is 0 Å². The van der Waals surface area contributed by atoms with E-state index in [0.29, 0.717) is 0 Å². The predicted molar refractivity (Wildman–Crippen MR) is 241 cm³/mol. The molecule has 272 valence electrons. The number of anilines is 1. The van der Waals surface area contributed by atoms with Crippen LogP contribution in [0.3, 0.4) is 0 Å². The molecule has 0 spiro atoms. The van der Waals surface area contributed by atoms with Crippen LogP contribution in [-0.4, -0.2) is 10.3 Å². The van der Waals surface area contributed by atoms with Gasteiger partial charge in [-0.1, -0.05) is 153 Å². The Morgan fingerprint density at radius 1 is 0.696 bits per heavy atom.